The van der Waals surface area contributed by atoms with Gasteiger partial charge in [-0.2, -0.15) is 0 Å². The Morgan fingerprint density at radius 3 is 1.88 bits per heavy atom. The molecule has 1 unspecified atom stereocenters. The second kappa shape index (κ2) is 4.69. The van der Waals surface area contributed by atoms with E-state index >= 15 is 0 Å². The van der Waals surface area contributed by atoms with Gasteiger partial charge in [-0.05, 0) is 19.8 Å². The molecule has 0 saturated carbocycles. The topological polar surface area (TPSA) is 74.7 Å². The molecule has 1 rings (SSSR count). The van der Waals surface area contributed by atoms with Gasteiger partial charge in [0.15, 0.2) is 0 Å². The van der Waals surface area contributed by atoms with Crippen LogP contribution in [0.1, 0.15) is 34.1 Å². The van der Waals surface area contributed by atoms with E-state index in [1.165, 1.54) is 0 Å². The van der Waals surface area contributed by atoms with Crippen LogP contribution in [0.15, 0.2) is 11.1 Å². The molecule has 2 amide bonds. The summed E-state index contributed by atoms with van der Waals surface area (Å²) in [6, 6.07) is -0.583. The molecular weight excluding hydrogens is 222 g/mol. The van der Waals surface area contributed by atoms with Crippen LogP contribution in [0.4, 0.5) is 0 Å². The van der Waals surface area contributed by atoms with Crippen molar-refractivity contribution >= 4 is 17.8 Å². The molecule has 0 fully saturated rings. The van der Waals surface area contributed by atoms with Crippen LogP contribution in [0, 0.1) is 5.92 Å². The number of carboxylic acids is 1. The van der Waals surface area contributed by atoms with Gasteiger partial charge in [0.25, 0.3) is 11.8 Å². The van der Waals surface area contributed by atoms with Gasteiger partial charge in [0.05, 0.1) is 12.5 Å². The number of nitrogens with zero attached hydrogens (tertiary/aromatic N) is 1. The van der Waals surface area contributed by atoms with Crippen LogP contribution < -0.4 is 0 Å². The quantitative estimate of drug-likeness (QED) is 0.748. The monoisotopic (exact) mass is 239 g/mol. The lowest BCUT2D eigenvalue weighted by Gasteiger charge is -2.28. The van der Waals surface area contributed by atoms with Crippen molar-refractivity contribution in [3.05, 3.63) is 11.1 Å². The third-order valence-corrected chi connectivity index (χ3v) is 3.13. The summed E-state index contributed by atoms with van der Waals surface area (Å²) in [7, 11) is 0. The zero-order valence-corrected chi connectivity index (χ0v) is 10.5. The summed E-state index contributed by atoms with van der Waals surface area (Å²) in [5.41, 5.74) is 0.817. The Bertz CT molecular complexity index is 385. The van der Waals surface area contributed by atoms with E-state index in [4.69, 9.17) is 5.11 Å². The minimum absolute atomic E-state index is 0.0855. The Labute approximate surface area is 100 Å². The van der Waals surface area contributed by atoms with E-state index in [1.807, 2.05) is 0 Å². The first-order chi connectivity index (χ1) is 7.77. The van der Waals surface area contributed by atoms with Crippen LogP contribution in [-0.4, -0.2) is 33.8 Å². The highest BCUT2D eigenvalue weighted by atomic mass is 16.4. The number of carbonyl (C=O) groups is 3. The minimum Gasteiger partial charge on any atom is -0.481 e. The van der Waals surface area contributed by atoms with Crippen LogP contribution in [0.2, 0.25) is 0 Å². The van der Waals surface area contributed by atoms with Gasteiger partial charge in [0.1, 0.15) is 0 Å². The molecule has 0 aromatic rings. The number of rotatable bonds is 4. The molecule has 0 aliphatic carbocycles. The minimum atomic E-state index is -1.01. The van der Waals surface area contributed by atoms with Gasteiger partial charge in [-0.25, -0.2) is 0 Å². The lowest BCUT2D eigenvalue weighted by Crippen LogP contribution is -2.45. The molecule has 1 aliphatic heterocycles. The molecule has 0 spiro atoms. The molecule has 0 radical (unpaired) electrons. The fourth-order valence-corrected chi connectivity index (χ4v) is 1.88. The summed E-state index contributed by atoms with van der Waals surface area (Å²) in [6.45, 7) is 6.79. The molecule has 0 saturated heterocycles. The van der Waals surface area contributed by atoms with Gasteiger partial charge in [-0.15, -0.1) is 0 Å². The molecule has 1 aliphatic rings. The van der Waals surface area contributed by atoms with Crippen molar-refractivity contribution in [1.29, 1.82) is 0 Å². The van der Waals surface area contributed by atoms with Crippen LogP contribution >= 0.6 is 0 Å². The van der Waals surface area contributed by atoms with Gasteiger partial charge in [-0.3, -0.25) is 19.3 Å². The van der Waals surface area contributed by atoms with E-state index < -0.39 is 12.0 Å². The summed E-state index contributed by atoms with van der Waals surface area (Å²) in [6.07, 6.45) is -0.213. The fraction of sp³-hybridized carbons (Fsp3) is 0.583. The average Bonchev–Trinajstić information content (AvgIpc) is 2.40. The van der Waals surface area contributed by atoms with E-state index in [0.29, 0.717) is 11.1 Å². The molecular formula is C12H17NO4. The first-order valence-electron chi connectivity index (χ1n) is 5.54. The lowest BCUT2D eigenvalue weighted by molar-refractivity contribution is -0.145. The molecule has 0 bridgehead atoms. The molecule has 1 N–H and O–H groups in total. The summed E-state index contributed by atoms with van der Waals surface area (Å²) >= 11 is 0. The summed E-state index contributed by atoms with van der Waals surface area (Å²) in [4.78, 5) is 35.7. The number of amides is 2. The second-order valence-electron chi connectivity index (χ2n) is 4.64. The summed E-state index contributed by atoms with van der Waals surface area (Å²) < 4.78 is 0. The van der Waals surface area contributed by atoms with Crippen molar-refractivity contribution in [3.8, 4) is 0 Å². The lowest BCUT2D eigenvalue weighted by atomic mass is 9.99. The van der Waals surface area contributed by atoms with E-state index in [-0.39, 0.29) is 24.2 Å². The summed E-state index contributed by atoms with van der Waals surface area (Å²) in [5.74, 6) is -1.83. The predicted molar refractivity (Wildman–Crippen MR) is 61.1 cm³/mol. The number of imide groups is 1. The highest BCUT2D eigenvalue weighted by molar-refractivity contribution is 6.19. The Kier molecular flexibility index (Phi) is 3.70. The van der Waals surface area contributed by atoms with E-state index in [0.717, 1.165) is 4.90 Å². The zero-order chi connectivity index (χ0) is 13.3. The number of carbonyl (C=O) groups excluding carboxylic acids is 2. The fourth-order valence-electron chi connectivity index (χ4n) is 1.88. The second-order valence-corrected chi connectivity index (χ2v) is 4.64. The number of hydrogen-bond acceptors (Lipinski definition) is 3. The Morgan fingerprint density at radius 2 is 1.59 bits per heavy atom. The van der Waals surface area contributed by atoms with Crippen LogP contribution in [0.25, 0.3) is 0 Å². The SMILES string of the molecule is CC1=C(C)C(=O)N(C(CC(=O)O)C(C)C)C1=O. The standard InChI is InChI=1S/C12H17NO4/c1-6(2)9(5-10(14)15)13-11(16)7(3)8(4)12(13)17/h6,9H,5H2,1-4H3,(H,14,15). The smallest absolute Gasteiger partial charge is 0.305 e. The van der Waals surface area contributed by atoms with Gasteiger partial charge in [0.2, 0.25) is 0 Å². The highest BCUT2D eigenvalue weighted by Crippen LogP contribution is 2.26. The van der Waals surface area contributed by atoms with Crippen LogP contribution in [0.3, 0.4) is 0 Å². The van der Waals surface area contributed by atoms with E-state index in [1.54, 1.807) is 27.7 Å². The molecule has 5 heteroatoms. The normalized spacial score (nSPS) is 18.3. The molecule has 94 valence electrons. The first kappa shape index (κ1) is 13.4. The molecule has 17 heavy (non-hydrogen) atoms. The Hall–Kier alpha value is -1.65. The maximum Gasteiger partial charge on any atom is 0.305 e. The van der Waals surface area contributed by atoms with E-state index in [9.17, 15) is 14.4 Å². The van der Waals surface area contributed by atoms with Gasteiger partial charge in [0, 0.05) is 11.1 Å². The molecule has 0 aromatic carbocycles. The van der Waals surface area contributed by atoms with Crippen molar-refractivity contribution in [2.75, 3.05) is 0 Å². The number of carboxylic acid groups (broad SMARTS) is 1. The average molecular weight is 239 g/mol. The maximum absolute atomic E-state index is 11.9. The van der Waals surface area contributed by atoms with Crippen molar-refractivity contribution in [2.45, 2.75) is 40.2 Å². The number of hydrogen-bond donors (Lipinski definition) is 1. The number of aliphatic carboxylic acids is 1. The Morgan fingerprint density at radius 1 is 1.18 bits per heavy atom. The van der Waals surface area contributed by atoms with E-state index in [2.05, 4.69) is 0 Å². The predicted octanol–water partition coefficient (Wildman–Crippen LogP) is 1.19. The molecule has 1 heterocycles. The summed E-state index contributed by atoms with van der Waals surface area (Å²) in [5, 5.41) is 8.83. The van der Waals surface area contributed by atoms with Crippen molar-refractivity contribution < 1.29 is 19.5 Å². The highest BCUT2D eigenvalue weighted by Gasteiger charge is 2.40. The third-order valence-electron chi connectivity index (χ3n) is 3.13. The molecule has 0 aromatic heterocycles. The molecule has 5 nitrogen and oxygen atoms in total. The Balaban J connectivity index is 3.03. The van der Waals surface area contributed by atoms with Gasteiger partial charge in [-0.1, -0.05) is 13.8 Å². The van der Waals surface area contributed by atoms with Gasteiger partial charge < -0.3 is 5.11 Å². The van der Waals surface area contributed by atoms with Gasteiger partial charge >= 0.3 is 5.97 Å². The third kappa shape index (κ3) is 2.38. The van der Waals surface area contributed by atoms with Crippen molar-refractivity contribution in [3.63, 3.8) is 0 Å². The van der Waals surface area contributed by atoms with Crippen LogP contribution in [0.5, 0.6) is 0 Å². The van der Waals surface area contributed by atoms with Crippen molar-refractivity contribution in [2.24, 2.45) is 5.92 Å². The first-order valence-corrected chi connectivity index (χ1v) is 5.54. The maximum atomic E-state index is 11.9. The largest absolute Gasteiger partial charge is 0.481 e. The zero-order valence-electron chi connectivity index (χ0n) is 10.5. The van der Waals surface area contributed by atoms with Crippen LogP contribution in [-0.2, 0) is 14.4 Å². The molecule has 1 atom stereocenters. The van der Waals surface area contributed by atoms with Crippen molar-refractivity contribution in [1.82, 2.24) is 4.90 Å².